The van der Waals surface area contributed by atoms with Crippen LogP contribution in [0.4, 0.5) is 10.1 Å². The van der Waals surface area contributed by atoms with E-state index in [0.717, 1.165) is 24.2 Å². The molecule has 1 saturated carbocycles. The van der Waals surface area contributed by atoms with Gasteiger partial charge < -0.3 is 10.5 Å². The van der Waals surface area contributed by atoms with Crippen LogP contribution in [-0.2, 0) is 0 Å². The Morgan fingerprint density at radius 3 is 2.67 bits per heavy atom. The molecule has 2 aromatic rings. The van der Waals surface area contributed by atoms with E-state index in [0.29, 0.717) is 17.4 Å². The first-order chi connectivity index (χ1) is 8.72. The molecule has 92 valence electrons. The third-order valence-electron chi connectivity index (χ3n) is 2.97. The molecule has 0 aromatic heterocycles. The summed E-state index contributed by atoms with van der Waals surface area (Å²) in [6, 6.07) is 12.2. The molecule has 18 heavy (non-hydrogen) atoms. The first kappa shape index (κ1) is 11.1. The highest BCUT2D eigenvalue weighted by Gasteiger charge is 2.23. The molecule has 0 atom stereocenters. The Morgan fingerprint density at radius 2 is 1.94 bits per heavy atom. The Balaban J connectivity index is 1.94. The van der Waals surface area contributed by atoms with Crippen LogP contribution in [0, 0.1) is 5.82 Å². The minimum atomic E-state index is -0.307. The number of ether oxygens (including phenoxy) is 1. The van der Waals surface area contributed by atoms with Crippen LogP contribution >= 0.6 is 0 Å². The maximum atomic E-state index is 13.8. The highest BCUT2D eigenvalue weighted by molar-refractivity contribution is 5.67. The molecule has 0 heterocycles. The highest BCUT2D eigenvalue weighted by atomic mass is 19.1. The SMILES string of the molecule is Nc1ccc(-c2cccc(OC3CC3)c2)c(F)c1. The van der Waals surface area contributed by atoms with E-state index in [9.17, 15) is 4.39 Å². The molecule has 1 fully saturated rings. The fourth-order valence-electron chi connectivity index (χ4n) is 1.88. The van der Waals surface area contributed by atoms with Crippen LogP contribution in [0.1, 0.15) is 12.8 Å². The van der Waals surface area contributed by atoms with Gasteiger partial charge in [0.25, 0.3) is 0 Å². The van der Waals surface area contributed by atoms with Crippen molar-refractivity contribution in [2.45, 2.75) is 18.9 Å². The van der Waals surface area contributed by atoms with Gasteiger partial charge in [0.15, 0.2) is 0 Å². The molecule has 3 heteroatoms. The van der Waals surface area contributed by atoms with Crippen molar-refractivity contribution in [3.63, 3.8) is 0 Å². The number of nitrogens with two attached hydrogens (primary N) is 1. The summed E-state index contributed by atoms with van der Waals surface area (Å²) in [5.74, 6) is 0.491. The number of hydrogen-bond acceptors (Lipinski definition) is 2. The number of anilines is 1. The van der Waals surface area contributed by atoms with Gasteiger partial charge in [0.1, 0.15) is 11.6 Å². The standard InChI is InChI=1S/C15H14FNO/c16-15-9-11(17)4-7-14(15)10-2-1-3-13(8-10)18-12-5-6-12/h1-4,7-9,12H,5-6,17H2. The Morgan fingerprint density at radius 1 is 1.11 bits per heavy atom. The summed E-state index contributed by atoms with van der Waals surface area (Å²) in [5.41, 5.74) is 7.33. The Kier molecular flexibility index (Phi) is 2.67. The molecule has 1 aliphatic rings. The van der Waals surface area contributed by atoms with Crippen LogP contribution in [0.5, 0.6) is 5.75 Å². The summed E-state index contributed by atoms with van der Waals surface area (Å²) in [6.45, 7) is 0. The van der Waals surface area contributed by atoms with E-state index in [2.05, 4.69) is 0 Å². The Bertz CT molecular complexity index is 578. The van der Waals surface area contributed by atoms with Gasteiger partial charge in [-0.3, -0.25) is 0 Å². The van der Waals surface area contributed by atoms with Crippen molar-refractivity contribution in [3.8, 4) is 16.9 Å². The first-order valence-electron chi connectivity index (χ1n) is 6.04. The van der Waals surface area contributed by atoms with E-state index in [-0.39, 0.29) is 5.82 Å². The Hall–Kier alpha value is -2.03. The lowest BCUT2D eigenvalue weighted by atomic mass is 10.0. The summed E-state index contributed by atoms with van der Waals surface area (Å²) < 4.78 is 19.5. The average Bonchev–Trinajstić information content (AvgIpc) is 3.13. The zero-order chi connectivity index (χ0) is 12.5. The maximum absolute atomic E-state index is 13.8. The van der Waals surface area contributed by atoms with E-state index in [1.807, 2.05) is 24.3 Å². The third-order valence-corrected chi connectivity index (χ3v) is 2.97. The van der Waals surface area contributed by atoms with Crippen molar-refractivity contribution in [1.29, 1.82) is 0 Å². The van der Waals surface area contributed by atoms with Crippen LogP contribution in [0.25, 0.3) is 11.1 Å². The van der Waals surface area contributed by atoms with E-state index in [4.69, 9.17) is 10.5 Å². The van der Waals surface area contributed by atoms with E-state index in [1.165, 1.54) is 6.07 Å². The quantitative estimate of drug-likeness (QED) is 0.836. The van der Waals surface area contributed by atoms with Crippen molar-refractivity contribution >= 4 is 5.69 Å². The van der Waals surface area contributed by atoms with Crippen LogP contribution in [0.15, 0.2) is 42.5 Å². The van der Waals surface area contributed by atoms with Gasteiger partial charge in [0.05, 0.1) is 6.10 Å². The predicted octanol–water partition coefficient (Wildman–Crippen LogP) is 3.62. The molecule has 2 aromatic carbocycles. The van der Waals surface area contributed by atoms with Crippen molar-refractivity contribution in [2.75, 3.05) is 5.73 Å². The third kappa shape index (κ3) is 2.30. The van der Waals surface area contributed by atoms with E-state index in [1.54, 1.807) is 12.1 Å². The normalized spacial score (nSPS) is 14.5. The second-order valence-corrected chi connectivity index (χ2v) is 4.58. The molecule has 0 bridgehead atoms. The van der Waals surface area contributed by atoms with Crippen molar-refractivity contribution in [3.05, 3.63) is 48.3 Å². The molecule has 0 radical (unpaired) electrons. The number of halogens is 1. The smallest absolute Gasteiger partial charge is 0.133 e. The highest BCUT2D eigenvalue weighted by Crippen LogP contribution is 2.31. The molecule has 3 rings (SSSR count). The van der Waals surface area contributed by atoms with Gasteiger partial charge in [0.2, 0.25) is 0 Å². The fraction of sp³-hybridized carbons (Fsp3) is 0.200. The lowest BCUT2D eigenvalue weighted by Gasteiger charge is -2.08. The van der Waals surface area contributed by atoms with Crippen molar-refractivity contribution in [2.24, 2.45) is 0 Å². The molecule has 2 nitrogen and oxygen atoms in total. The largest absolute Gasteiger partial charge is 0.490 e. The molecular formula is C15H14FNO. The zero-order valence-electron chi connectivity index (χ0n) is 9.90. The van der Waals surface area contributed by atoms with Crippen molar-refractivity contribution < 1.29 is 9.13 Å². The minimum Gasteiger partial charge on any atom is -0.490 e. The number of rotatable bonds is 3. The molecule has 0 aliphatic heterocycles. The van der Waals surface area contributed by atoms with Crippen molar-refractivity contribution in [1.82, 2.24) is 0 Å². The van der Waals surface area contributed by atoms with Gasteiger partial charge in [-0.05, 0) is 48.7 Å². The molecule has 2 N–H and O–H groups in total. The minimum absolute atomic E-state index is 0.307. The first-order valence-corrected chi connectivity index (χ1v) is 6.04. The van der Waals surface area contributed by atoms with Gasteiger partial charge in [-0.1, -0.05) is 12.1 Å². The monoisotopic (exact) mass is 243 g/mol. The van der Waals surface area contributed by atoms with Crippen LogP contribution in [0.3, 0.4) is 0 Å². The van der Waals surface area contributed by atoms with Gasteiger partial charge in [-0.2, -0.15) is 0 Å². The number of benzene rings is 2. The summed E-state index contributed by atoms with van der Waals surface area (Å²) in [4.78, 5) is 0. The van der Waals surface area contributed by atoms with Gasteiger partial charge >= 0.3 is 0 Å². The van der Waals surface area contributed by atoms with E-state index < -0.39 is 0 Å². The summed E-state index contributed by atoms with van der Waals surface area (Å²) >= 11 is 0. The summed E-state index contributed by atoms with van der Waals surface area (Å²) in [6.07, 6.45) is 2.57. The van der Waals surface area contributed by atoms with Gasteiger partial charge in [-0.25, -0.2) is 4.39 Å². The predicted molar refractivity (Wildman–Crippen MR) is 69.9 cm³/mol. The number of hydrogen-bond donors (Lipinski definition) is 1. The van der Waals surface area contributed by atoms with E-state index >= 15 is 0 Å². The van der Waals surface area contributed by atoms with Gasteiger partial charge in [-0.15, -0.1) is 0 Å². The zero-order valence-corrected chi connectivity index (χ0v) is 9.90. The molecular weight excluding hydrogens is 229 g/mol. The second kappa shape index (κ2) is 4.33. The Labute approximate surface area is 105 Å². The lowest BCUT2D eigenvalue weighted by Crippen LogP contribution is -1.96. The molecule has 1 aliphatic carbocycles. The lowest BCUT2D eigenvalue weighted by molar-refractivity contribution is 0.303. The topological polar surface area (TPSA) is 35.2 Å². The second-order valence-electron chi connectivity index (χ2n) is 4.58. The number of nitrogen functional groups attached to an aromatic ring is 1. The molecule has 0 unspecified atom stereocenters. The molecule has 0 amide bonds. The van der Waals surface area contributed by atoms with Crippen LogP contribution in [-0.4, -0.2) is 6.10 Å². The summed E-state index contributed by atoms with van der Waals surface area (Å²) in [5, 5.41) is 0. The average molecular weight is 243 g/mol. The van der Waals surface area contributed by atoms with Gasteiger partial charge in [0, 0.05) is 11.3 Å². The maximum Gasteiger partial charge on any atom is 0.133 e. The summed E-state index contributed by atoms with van der Waals surface area (Å²) in [7, 11) is 0. The van der Waals surface area contributed by atoms with Crippen LogP contribution in [0.2, 0.25) is 0 Å². The fourth-order valence-corrected chi connectivity index (χ4v) is 1.88. The van der Waals surface area contributed by atoms with Crippen LogP contribution < -0.4 is 10.5 Å². The molecule has 0 saturated heterocycles. The molecule has 0 spiro atoms.